The summed E-state index contributed by atoms with van der Waals surface area (Å²) in [5.74, 6) is 0.245. The highest BCUT2D eigenvalue weighted by atomic mass is 35.5. The molecule has 5 heteroatoms. The molecule has 1 aromatic heterocycles. The van der Waals surface area contributed by atoms with Crippen molar-refractivity contribution in [3.05, 3.63) is 46.7 Å². The number of para-hydroxylation sites is 1. The Labute approximate surface area is 129 Å². The Balaban J connectivity index is 1.84. The highest BCUT2D eigenvalue weighted by Gasteiger charge is 2.27. The van der Waals surface area contributed by atoms with Crippen LogP contribution in [0.3, 0.4) is 0 Å². The number of ketones is 1. The molecule has 0 saturated carbocycles. The molecule has 21 heavy (non-hydrogen) atoms. The lowest BCUT2D eigenvalue weighted by Crippen LogP contribution is -2.16. The molecule has 0 radical (unpaired) electrons. The molecule has 0 spiro atoms. The van der Waals surface area contributed by atoms with E-state index < -0.39 is 0 Å². The molecule has 1 aliphatic heterocycles. The smallest absolute Gasteiger partial charge is 0.183 e. The van der Waals surface area contributed by atoms with Gasteiger partial charge in [0.05, 0.1) is 11.2 Å². The topological polar surface area (TPSA) is 46.9 Å². The fourth-order valence-electron chi connectivity index (χ4n) is 2.85. The molecule has 1 unspecified atom stereocenters. The molecule has 2 heterocycles. The molecule has 0 bridgehead atoms. The molecule has 1 N–H and O–H groups in total. The molecule has 0 saturated heterocycles. The maximum atomic E-state index is 12.6. The molecule has 1 aromatic carbocycles. The lowest BCUT2D eigenvalue weighted by molar-refractivity contribution is 0.0963. The minimum absolute atomic E-state index is 0.0507. The van der Waals surface area contributed by atoms with E-state index in [0.717, 1.165) is 12.2 Å². The highest BCUT2D eigenvalue weighted by Crippen LogP contribution is 2.34. The Morgan fingerprint density at radius 3 is 3.00 bits per heavy atom. The van der Waals surface area contributed by atoms with Gasteiger partial charge < -0.3 is 5.32 Å². The summed E-state index contributed by atoms with van der Waals surface area (Å²) in [5.41, 5.74) is 2.85. The minimum atomic E-state index is 0.0507. The second-order valence-corrected chi connectivity index (χ2v) is 6.08. The van der Waals surface area contributed by atoms with Gasteiger partial charge in [-0.2, -0.15) is 5.10 Å². The third kappa shape index (κ3) is 2.56. The number of nitrogens with one attached hydrogen (secondary N) is 1. The van der Waals surface area contributed by atoms with Crippen LogP contribution < -0.4 is 5.32 Å². The van der Waals surface area contributed by atoms with E-state index in [-0.39, 0.29) is 17.7 Å². The molecule has 0 aliphatic carbocycles. The molecule has 1 atom stereocenters. The Bertz CT molecular complexity index is 678. The van der Waals surface area contributed by atoms with Crippen LogP contribution in [0.15, 0.2) is 30.5 Å². The maximum Gasteiger partial charge on any atom is 0.183 e. The van der Waals surface area contributed by atoms with Crippen LogP contribution in [0, 0.1) is 0 Å². The number of hydrogen-bond donors (Lipinski definition) is 1. The van der Waals surface area contributed by atoms with Crippen LogP contribution >= 0.6 is 11.6 Å². The Morgan fingerprint density at radius 2 is 2.24 bits per heavy atom. The molecule has 4 nitrogen and oxygen atoms in total. The summed E-state index contributed by atoms with van der Waals surface area (Å²) in [7, 11) is 0. The van der Waals surface area contributed by atoms with Gasteiger partial charge in [0.25, 0.3) is 0 Å². The predicted molar refractivity (Wildman–Crippen MR) is 84.2 cm³/mol. The first-order chi connectivity index (χ1) is 10.1. The monoisotopic (exact) mass is 303 g/mol. The van der Waals surface area contributed by atoms with Gasteiger partial charge in [0, 0.05) is 30.6 Å². The second kappa shape index (κ2) is 5.53. The third-order valence-electron chi connectivity index (χ3n) is 3.88. The van der Waals surface area contributed by atoms with Crippen LogP contribution in [-0.4, -0.2) is 22.1 Å². The summed E-state index contributed by atoms with van der Waals surface area (Å²) >= 11 is 6.15. The molecule has 0 fully saturated rings. The van der Waals surface area contributed by atoms with Crippen LogP contribution in [-0.2, 0) is 0 Å². The van der Waals surface area contributed by atoms with E-state index in [0.29, 0.717) is 17.1 Å². The first kappa shape index (κ1) is 14.1. The number of fused-ring (bicyclic) bond motifs is 1. The highest BCUT2D eigenvalue weighted by molar-refractivity contribution is 6.33. The maximum absolute atomic E-state index is 12.6. The molecule has 110 valence electrons. The molecular formula is C16H18ClN3O. The van der Waals surface area contributed by atoms with Crippen LogP contribution in [0.1, 0.15) is 48.3 Å². The van der Waals surface area contributed by atoms with Gasteiger partial charge in [-0.3, -0.25) is 9.48 Å². The summed E-state index contributed by atoms with van der Waals surface area (Å²) in [4.78, 5) is 12.6. The van der Waals surface area contributed by atoms with Gasteiger partial charge in [0.1, 0.15) is 5.69 Å². The van der Waals surface area contributed by atoms with E-state index in [9.17, 15) is 4.79 Å². The lowest BCUT2D eigenvalue weighted by atomic mass is 9.95. The number of rotatable bonds is 4. The number of aromatic nitrogens is 2. The molecule has 2 aromatic rings. The van der Waals surface area contributed by atoms with Gasteiger partial charge in [-0.25, -0.2) is 0 Å². The molecule has 1 aliphatic rings. The van der Waals surface area contributed by atoms with Crippen LogP contribution in [0.5, 0.6) is 0 Å². The minimum Gasteiger partial charge on any atom is -0.384 e. The quantitative estimate of drug-likeness (QED) is 0.871. The number of hydrogen-bond acceptors (Lipinski definition) is 3. The number of halogens is 1. The van der Waals surface area contributed by atoms with E-state index in [2.05, 4.69) is 16.5 Å². The number of carbonyl (C=O) groups is 1. The average molecular weight is 304 g/mol. The zero-order valence-electron chi connectivity index (χ0n) is 12.1. The van der Waals surface area contributed by atoms with Crippen molar-refractivity contribution in [1.29, 1.82) is 0 Å². The van der Waals surface area contributed by atoms with E-state index in [4.69, 9.17) is 11.6 Å². The van der Waals surface area contributed by atoms with Crippen molar-refractivity contribution in [3.8, 4) is 0 Å². The standard InChI is InChI=1S/C16H18ClN3O/c1-10(2)20-16(13(17)9-19-20)15(21)7-11-8-18-14-6-4-3-5-12(11)14/h3-6,9-11,18H,7-8H2,1-2H3. The first-order valence-electron chi connectivity index (χ1n) is 7.17. The van der Waals surface area contributed by atoms with Crippen molar-refractivity contribution in [1.82, 2.24) is 9.78 Å². The summed E-state index contributed by atoms with van der Waals surface area (Å²) in [6.45, 7) is 4.78. The van der Waals surface area contributed by atoms with E-state index in [1.807, 2.05) is 32.0 Å². The van der Waals surface area contributed by atoms with Crippen LogP contribution in [0.25, 0.3) is 0 Å². The van der Waals surface area contributed by atoms with Gasteiger partial charge in [0.15, 0.2) is 5.78 Å². The third-order valence-corrected chi connectivity index (χ3v) is 4.15. The van der Waals surface area contributed by atoms with Gasteiger partial charge in [-0.1, -0.05) is 29.8 Å². The molecular weight excluding hydrogens is 286 g/mol. The predicted octanol–water partition coefficient (Wildman–Crippen LogP) is 3.90. The average Bonchev–Trinajstić information content (AvgIpc) is 3.03. The fraction of sp³-hybridized carbons (Fsp3) is 0.375. The van der Waals surface area contributed by atoms with Crippen molar-refractivity contribution in [2.45, 2.75) is 32.2 Å². The Kier molecular flexibility index (Phi) is 3.72. The first-order valence-corrected chi connectivity index (χ1v) is 7.54. The zero-order chi connectivity index (χ0) is 15.0. The number of nitrogens with zero attached hydrogens (tertiary/aromatic N) is 2. The normalized spacial score (nSPS) is 16.9. The zero-order valence-corrected chi connectivity index (χ0v) is 12.9. The Hall–Kier alpha value is -1.81. The molecule has 0 amide bonds. The van der Waals surface area contributed by atoms with Crippen molar-refractivity contribution >= 4 is 23.1 Å². The van der Waals surface area contributed by atoms with Crippen molar-refractivity contribution in [2.24, 2.45) is 0 Å². The SMILES string of the molecule is CC(C)n1ncc(Cl)c1C(=O)CC1CNc2ccccc21. The van der Waals surface area contributed by atoms with Crippen molar-refractivity contribution in [3.63, 3.8) is 0 Å². The van der Waals surface area contributed by atoms with Crippen molar-refractivity contribution in [2.75, 3.05) is 11.9 Å². The van der Waals surface area contributed by atoms with Crippen LogP contribution in [0.2, 0.25) is 5.02 Å². The number of benzene rings is 1. The van der Waals surface area contributed by atoms with Crippen LogP contribution in [0.4, 0.5) is 5.69 Å². The van der Waals surface area contributed by atoms with Gasteiger partial charge >= 0.3 is 0 Å². The summed E-state index contributed by atoms with van der Waals surface area (Å²) in [6, 6.07) is 8.25. The number of Topliss-reactive ketones (excluding diaryl/α,β-unsaturated/α-hetero) is 1. The van der Waals surface area contributed by atoms with E-state index in [1.54, 1.807) is 10.9 Å². The second-order valence-electron chi connectivity index (χ2n) is 5.67. The summed E-state index contributed by atoms with van der Waals surface area (Å²) in [5, 5.41) is 7.99. The number of anilines is 1. The van der Waals surface area contributed by atoms with Crippen molar-refractivity contribution < 1.29 is 4.79 Å². The summed E-state index contributed by atoms with van der Waals surface area (Å²) < 4.78 is 1.71. The number of carbonyl (C=O) groups excluding carboxylic acids is 1. The molecule has 3 rings (SSSR count). The fourth-order valence-corrected chi connectivity index (χ4v) is 3.09. The van der Waals surface area contributed by atoms with Gasteiger partial charge in [-0.05, 0) is 25.5 Å². The van der Waals surface area contributed by atoms with Gasteiger partial charge in [-0.15, -0.1) is 0 Å². The largest absolute Gasteiger partial charge is 0.384 e. The Morgan fingerprint density at radius 1 is 1.48 bits per heavy atom. The van der Waals surface area contributed by atoms with Gasteiger partial charge in [0.2, 0.25) is 0 Å². The summed E-state index contributed by atoms with van der Waals surface area (Å²) in [6.07, 6.45) is 2.00. The van der Waals surface area contributed by atoms with E-state index >= 15 is 0 Å². The lowest BCUT2D eigenvalue weighted by Gasteiger charge is -2.13. The van der Waals surface area contributed by atoms with E-state index in [1.165, 1.54) is 5.56 Å².